The van der Waals surface area contributed by atoms with Gasteiger partial charge in [0.05, 0.1) is 12.2 Å². The van der Waals surface area contributed by atoms with E-state index in [1.807, 2.05) is 0 Å². The Labute approximate surface area is 236 Å². The van der Waals surface area contributed by atoms with Crippen molar-refractivity contribution in [3.8, 4) is 16.9 Å². The number of hydrogen-bond donors (Lipinski definition) is 2. The van der Waals surface area contributed by atoms with Crippen molar-refractivity contribution in [2.45, 2.75) is 17.2 Å². The van der Waals surface area contributed by atoms with Gasteiger partial charge in [0.15, 0.2) is 0 Å². The number of alkyl halides is 3. The molecule has 1 aromatic heterocycles. The first kappa shape index (κ1) is 28.9. The van der Waals surface area contributed by atoms with Crippen molar-refractivity contribution >= 4 is 38.4 Å². The lowest BCUT2D eigenvalue weighted by molar-refractivity contribution is -0.137. The number of sulfonamides is 1. The largest absolute Gasteiger partial charge is 0.490 e. The minimum atomic E-state index is -4.67. The van der Waals surface area contributed by atoms with Crippen LogP contribution in [0.15, 0.2) is 65.6 Å². The maximum Gasteiger partial charge on any atom is 0.416 e. The Hall–Kier alpha value is -3.65. The van der Waals surface area contributed by atoms with E-state index in [0.29, 0.717) is 17.6 Å². The third kappa shape index (κ3) is 5.75. The van der Waals surface area contributed by atoms with Crippen molar-refractivity contribution in [2.24, 2.45) is 5.73 Å². The van der Waals surface area contributed by atoms with Gasteiger partial charge in [0.1, 0.15) is 34.9 Å². The van der Waals surface area contributed by atoms with Gasteiger partial charge in [-0.2, -0.15) is 17.5 Å². The highest BCUT2D eigenvalue weighted by Crippen LogP contribution is 2.37. The maximum absolute atomic E-state index is 14.6. The van der Waals surface area contributed by atoms with E-state index in [-0.39, 0.29) is 64.2 Å². The van der Waals surface area contributed by atoms with Crippen LogP contribution in [0.3, 0.4) is 0 Å². The Balaban J connectivity index is 1.39. The molecule has 0 radical (unpaired) electrons. The zero-order valence-electron chi connectivity index (χ0n) is 21.0. The van der Waals surface area contributed by atoms with E-state index in [1.54, 1.807) is 6.07 Å². The van der Waals surface area contributed by atoms with Gasteiger partial charge in [-0.15, -0.1) is 0 Å². The highest BCUT2D eigenvalue weighted by molar-refractivity contribution is 7.89. The zero-order chi connectivity index (χ0) is 29.5. The lowest BCUT2D eigenvalue weighted by Gasteiger charge is -2.32. The molecule has 0 unspecified atom stereocenters. The fourth-order valence-corrected chi connectivity index (χ4v) is 6.59. The first-order valence-electron chi connectivity index (χ1n) is 12.2. The summed E-state index contributed by atoms with van der Waals surface area (Å²) in [6, 6.07) is 12.5. The van der Waals surface area contributed by atoms with Crippen LogP contribution in [0.2, 0.25) is 5.02 Å². The van der Waals surface area contributed by atoms with Crippen LogP contribution in [-0.4, -0.2) is 56.0 Å². The van der Waals surface area contributed by atoms with E-state index < -0.39 is 39.6 Å². The van der Waals surface area contributed by atoms with E-state index in [2.05, 4.69) is 4.98 Å². The van der Waals surface area contributed by atoms with Crippen LogP contribution in [0.5, 0.6) is 5.75 Å². The van der Waals surface area contributed by atoms with Crippen LogP contribution < -0.4 is 10.5 Å². The number of fused-ring (bicyclic) bond motifs is 1. The second-order valence-corrected chi connectivity index (χ2v) is 11.5. The number of rotatable bonds is 7. The average Bonchev–Trinajstić information content (AvgIpc) is 3.32. The third-order valence-corrected chi connectivity index (χ3v) is 8.74. The first-order chi connectivity index (χ1) is 19.4. The molecule has 3 N–H and O–H groups in total. The highest BCUT2D eigenvalue weighted by Gasteiger charge is 2.36. The maximum atomic E-state index is 14.6. The summed E-state index contributed by atoms with van der Waals surface area (Å²) in [4.78, 5) is 14.5. The molecule has 216 valence electrons. The number of nitrogens with two attached hydrogens (primary N) is 1. The number of nitrogens with zero attached hydrogens (tertiary/aromatic N) is 1. The number of halogens is 5. The van der Waals surface area contributed by atoms with Gasteiger partial charge in [-0.05, 0) is 42.5 Å². The molecule has 41 heavy (non-hydrogen) atoms. The Morgan fingerprint density at radius 2 is 1.88 bits per heavy atom. The first-order valence-corrected chi connectivity index (χ1v) is 14.0. The summed E-state index contributed by atoms with van der Waals surface area (Å²) in [7, 11) is -4.28. The van der Waals surface area contributed by atoms with Crippen molar-refractivity contribution in [3.05, 3.63) is 82.8 Å². The number of carbonyl (C=O) groups excluding carboxylic acids is 1. The van der Waals surface area contributed by atoms with E-state index in [1.165, 1.54) is 36.4 Å². The summed E-state index contributed by atoms with van der Waals surface area (Å²) in [5.74, 6) is -1.76. The number of para-hydroxylation sites is 1. The zero-order valence-corrected chi connectivity index (χ0v) is 22.6. The Kier molecular flexibility index (Phi) is 7.72. The van der Waals surface area contributed by atoms with Gasteiger partial charge < -0.3 is 20.2 Å². The van der Waals surface area contributed by atoms with Gasteiger partial charge >= 0.3 is 6.18 Å². The predicted octanol–water partition coefficient (Wildman–Crippen LogP) is 5.21. The van der Waals surface area contributed by atoms with E-state index in [0.717, 1.165) is 10.4 Å². The van der Waals surface area contributed by atoms with Gasteiger partial charge in [0.25, 0.3) is 5.91 Å². The average molecular weight is 612 g/mol. The molecule has 3 aromatic carbocycles. The highest BCUT2D eigenvalue weighted by atomic mass is 35.5. The Morgan fingerprint density at radius 1 is 1.12 bits per heavy atom. The van der Waals surface area contributed by atoms with Gasteiger partial charge in [0.2, 0.25) is 10.0 Å². The summed E-state index contributed by atoms with van der Waals surface area (Å²) >= 11 is 6.08. The predicted molar refractivity (Wildman–Crippen MR) is 143 cm³/mol. The van der Waals surface area contributed by atoms with Crippen LogP contribution in [0.4, 0.5) is 17.6 Å². The number of carbonyl (C=O) groups is 1. The molecule has 8 nitrogen and oxygen atoms in total. The topological polar surface area (TPSA) is 115 Å². The number of benzene rings is 3. The molecule has 0 aliphatic carbocycles. The second kappa shape index (κ2) is 11.0. The summed E-state index contributed by atoms with van der Waals surface area (Å²) < 4.78 is 94.5. The van der Waals surface area contributed by atoms with Gasteiger partial charge in [0, 0.05) is 40.1 Å². The number of aromatic nitrogens is 1. The quantitative estimate of drug-likeness (QED) is 0.278. The molecule has 0 spiro atoms. The standard InChI is InChI=1S/C27H22ClF4N3O5S/c28-16-6-8-22-20(12-16)25(24(34-22)26(33)36)41(37,38)35-9-10-39-17(13-35)14-40-23-4-2-1-3-18(23)19-11-15(27(30,31)32)5-7-21(19)29/h1-8,11-12,17,34H,9-10,13-14H2,(H2,33,36)/t17-/m0/s1. The smallest absolute Gasteiger partial charge is 0.416 e. The molecular formula is C27H22ClF4N3O5S. The number of primary amides is 1. The second-order valence-electron chi connectivity index (χ2n) is 9.24. The lowest BCUT2D eigenvalue weighted by atomic mass is 10.0. The molecule has 1 saturated heterocycles. The molecular weight excluding hydrogens is 590 g/mol. The summed E-state index contributed by atoms with van der Waals surface area (Å²) in [6.07, 6.45) is -5.48. The van der Waals surface area contributed by atoms with Gasteiger partial charge in [-0.25, -0.2) is 12.8 Å². The van der Waals surface area contributed by atoms with Crippen LogP contribution >= 0.6 is 11.6 Å². The van der Waals surface area contributed by atoms with Crippen molar-refractivity contribution in [2.75, 3.05) is 26.3 Å². The molecule has 2 heterocycles. The molecule has 0 saturated carbocycles. The van der Waals surface area contributed by atoms with Gasteiger partial charge in [-0.1, -0.05) is 29.8 Å². The SMILES string of the molecule is NC(=O)c1[nH]c2ccc(Cl)cc2c1S(=O)(=O)N1CCO[C@H](COc2ccccc2-c2cc(C(F)(F)F)ccc2F)C1. The molecule has 1 aliphatic rings. The molecule has 0 bridgehead atoms. The monoisotopic (exact) mass is 611 g/mol. The molecule has 14 heteroatoms. The van der Waals surface area contributed by atoms with Crippen molar-refractivity contribution in [1.82, 2.24) is 9.29 Å². The normalized spacial score (nSPS) is 16.7. The summed E-state index contributed by atoms with van der Waals surface area (Å²) in [5, 5.41) is 0.454. The van der Waals surface area contributed by atoms with Crippen LogP contribution in [-0.2, 0) is 20.9 Å². The molecule has 5 rings (SSSR count). The van der Waals surface area contributed by atoms with Crippen molar-refractivity contribution < 1.29 is 40.2 Å². The summed E-state index contributed by atoms with van der Waals surface area (Å²) in [6.45, 7) is -0.414. The van der Waals surface area contributed by atoms with Crippen molar-refractivity contribution in [3.63, 3.8) is 0 Å². The fourth-order valence-electron chi connectivity index (χ4n) is 4.63. The number of hydrogen-bond acceptors (Lipinski definition) is 5. The number of nitrogens with one attached hydrogen (secondary N) is 1. The number of aromatic amines is 1. The number of morpholine rings is 1. The Bertz CT molecular complexity index is 1740. The number of ether oxygens (including phenoxy) is 2. The van der Waals surface area contributed by atoms with E-state index in [9.17, 15) is 30.8 Å². The van der Waals surface area contributed by atoms with Crippen LogP contribution in [0.25, 0.3) is 22.0 Å². The van der Waals surface area contributed by atoms with Crippen LogP contribution in [0.1, 0.15) is 16.1 Å². The van der Waals surface area contributed by atoms with Crippen molar-refractivity contribution in [1.29, 1.82) is 0 Å². The minimum Gasteiger partial charge on any atom is -0.490 e. The minimum absolute atomic E-state index is 0.00776. The summed E-state index contributed by atoms with van der Waals surface area (Å²) in [5.41, 5.74) is 4.29. The van der Waals surface area contributed by atoms with Gasteiger partial charge in [-0.3, -0.25) is 4.79 Å². The molecule has 1 amide bonds. The van der Waals surface area contributed by atoms with E-state index in [4.69, 9.17) is 26.8 Å². The third-order valence-electron chi connectivity index (χ3n) is 6.55. The number of H-pyrrole nitrogens is 1. The molecule has 1 aliphatic heterocycles. The molecule has 1 fully saturated rings. The Morgan fingerprint density at radius 3 is 2.61 bits per heavy atom. The van der Waals surface area contributed by atoms with Crippen LogP contribution in [0, 0.1) is 5.82 Å². The fraction of sp³-hybridized carbons (Fsp3) is 0.222. The lowest BCUT2D eigenvalue weighted by Crippen LogP contribution is -2.47. The number of amides is 1. The van der Waals surface area contributed by atoms with E-state index >= 15 is 0 Å². The molecule has 4 aromatic rings. The molecule has 1 atom stereocenters.